The lowest BCUT2D eigenvalue weighted by atomic mass is 10.0. The molecule has 5 rings (SSSR count). The number of H-pyrrole nitrogens is 1. The van der Waals surface area contributed by atoms with Crippen LogP contribution in [0.4, 0.5) is 0 Å². The summed E-state index contributed by atoms with van der Waals surface area (Å²) in [4.78, 5) is 32.6. The minimum atomic E-state index is -0.143. The predicted octanol–water partition coefficient (Wildman–Crippen LogP) is 3.31. The van der Waals surface area contributed by atoms with Gasteiger partial charge in [-0.1, -0.05) is 29.8 Å². The van der Waals surface area contributed by atoms with Gasteiger partial charge in [0.05, 0.1) is 30.0 Å². The molecule has 1 saturated heterocycles. The molecule has 2 aromatic carbocycles. The number of benzene rings is 2. The number of carbonyl (C=O) groups is 1. The van der Waals surface area contributed by atoms with E-state index in [1.807, 2.05) is 30.3 Å². The maximum Gasteiger partial charge on any atom is 0.261 e. The third-order valence-electron chi connectivity index (χ3n) is 6.32. The van der Waals surface area contributed by atoms with Crippen molar-refractivity contribution in [1.82, 2.24) is 30.0 Å². The zero-order valence-corrected chi connectivity index (χ0v) is 19.5. The van der Waals surface area contributed by atoms with Crippen LogP contribution in [0.1, 0.15) is 28.8 Å². The lowest BCUT2D eigenvalue weighted by Gasteiger charge is -2.29. The minimum absolute atomic E-state index is 0.0779. The van der Waals surface area contributed by atoms with Gasteiger partial charge >= 0.3 is 0 Å². The molecule has 8 nitrogen and oxygen atoms in total. The Bertz CT molecular complexity index is 1400. The third kappa shape index (κ3) is 4.60. The molecule has 0 unspecified atom stereocenters. The summed E-state index contributed by atoms with van der Waals surface area (Å²) in [5.74, 6) is -0.0779. The zero-order chi connectivity index (χ0) is 23.7. The number of fused-ring (bicyclic) bond motifs is 1. The van der Waals surface area contributed by atoms with Crippen LogP contribution in [0.2, 0.25) is 5.15 Å². The first-order valence-electron chi connectivity index (χ1n) is 11.2. The van der Waals surface area contributed by atoms with Gasteiger partial charge in [0.15, 0.2) is 0 Å². The number of hydrogen-bond acceptors (Lipinski definition) is 5. The van der Waals surface area contributed by atoms with Crippen LogP contribution in [0, 0.1) is 0 Å². The van der Waals surface area contributed by atoms with Crippen molar-refractivity contribution in [3.63, 3.8) is 0 Å². The van der Waals surface area contributed by atoms with E-state index >= 15 is 0 Å². The lowest BCUT2D eigenvalue weighted by Crippen LogP contribution is -2.43. The quantitative estimate of drug-likeness (QED) is 0.460. The highest BCUT2D eigenvalue weighted by atomic mass is 35.5. The molecular weight excluding hydrogens is 452 g/mol. The van der Waals surface area contributed by atoms with Gasteiger partial charge in [-0.3, -0.25) is 19.3 Å². The average Bonchev–Trinajstić information content (AvgIpc) is 3.28. The van der Waals surface area contributed by atoms with Crippen molar-refractivity contribution in [2.75, 3.05) is 20.1 Å². The van der Waals surface area contributed by atoms with Gasteiger partial charge in [-0.25, -0.2) is 4.98 Å². The summed E-state index contributed by atoms with van der Waals surface area (Å²) in [5, 5.41) is 10.7. The molecule has 0 bridgehead atoms. The number of hydrogen-bond donors (Lipinski definition) is 2. The molecule has 3 heterocycles. The number of piperidine rings is 1. The number of amides is 1. The van der Waals surface area contributed by atoms with E-state index in [1.54, 1.807) is 22.9 Å². The molecule has 1 aliphatic rings. The minimum Gasteiger partial charge on any atom is -0.349 e. The van der Waals surface area contributed by atoms with E-state index < -0.39 is 0 Å². The first-order valence-corrected chi connectivity index (χ1v) is 11.6. The third-order valence-corrected chi connectivity index (χ3v) is 6.61. The SMILES string of the molecule is CN1CCC(NC(=O)c2cccc(Cn3cnc4cc(-c5cn[nH]c5Cl)ccc4c3=O)c2)CC1. The highest BCUT2D eigenvalue weighted by Gasteiger charge is 2.19. The molecule has 0 aliphatic carbocycles. The summed E-state index contributed by atoms with van der Waals surface area (Å²) in [7, 11) is 2.10. The number of halogens is 1. The molecule has 0 radical (unpaired) electrons. The second kappa shape index (κ2) is 9.40. The standard InChI is InChI=1S/C25H25ClN6O2/c1-31-9-7-19(8-10-31)29-24(33)18-4-2-3-16(11-18)14-32-15-27-22-12-17(5-6-20(22)25(32)34)21-13-28-30-23(21)26/h2-6,11-13,15,19H,7-10,14H2,1H3,(H,28,30)(H,29,33). The van der Waals surface area contributed by atoms with Gasteiger partial charge in [-0.05, 0) is 68.4 Å². The van der Waals surface area contributed by atoms with Crippen LogP contribution < -0.4 is 10.9 Å². The van der Waals surface area contributed by atoms with Gasteiger partial charge in [0.25, 0.3) is 11.5 Å². The molecule has 2 N–H and O–H groups in total. The largest absolute Gasteiger partial charge is 0.349 e. The number of nitrogens with one attached hydrogen (secondary N) is 2. The summed E-state index contributed by atoms with van der Waals surface area (Å²) < 4.78 is 1.56. The fourth-order valence-electron chi connectivity index (χ4n) is 4.34. The van der Waals surface area contributed by atoms with Crippen LogP contribution in [0.5, 0.6) is 0 Å². The van der Waals surface area contributed by atoms with Gasteiger partial charge in [-0.2, -0.15) is 5.10 Å². The second-order valence-electron chi connectivity index (χ2n) is 8.76. The number of aromatic nitrogens is 4. The van der Waals surface area contributed by atoms with Crippen molar-refractivity contribution < 1.29 is 4.79 Å². The van der Waals surface area contributed by atoms with Gasteiger partial charge in [-0.15, -0.1) is 0 Å². The van der Waals surface area contributed by atoms with Gasteiger partial charge in [0.1, 0.15) is 5.15 Å². The molecule has 0 spiro atoms. The molecule has 1 aliphatic heterocycles. The number of rotatable bonds is 5. The monoisotopic (exact) mass is 476 g/mol. The van der Waals surface area contributed by atoms with Gasteiger partial charge < -0.3 is 10.2 Å². The van der Waals surface area contributed by atoms with Gasteiger partial charge in [0.2, 0.25) is 0 Å². The number of likely N-dealkylation sites (tertiary alicyclic amines) is 1. The van der Waals surface area contributed by atoms with Crippen LogP contribution >= 0.6 is 11.6 Å². The first-order chi connectivity index (χ1) is 16.5. The topological polar surface area (TPSA) is 95.9 Å². The summed E-state index contributed by atoms with van der Waals surface area (Å²) >= 11 is 6.13. The number of nitrogens with zero attached hydrogens (tertiary/aromatic N) is 4. The molecule has 0 saturated carbocycles. The van der Waals surface area contributed by atoms with E-state index in [0.29, 0.717) is 28.2 Å². The molecule has 174 valence electrons. The Morgan fingerprint density at radius 3 is 2.79 bits per heavy atom. The molecule has 1 amide bonds. The fraction of sp³-hybridized carbons (Fsp3) is 0.280. The molecule has 1 fully saturated rings. The summed E-state index contributed by atoms with van der Waals surface area (Å²) in [6, 6.07) is 13.0. The molecular formula is C25H25ClN6O2. The van der Waals surface area contributed by atoms with Gasteiger partial charge in [0, 0.05) is 17.2 Å². The van der Waals surface area contributed by atoms with E-state index in [4.69, 9.17) is 11.6 Å². The van der Waals surface area contributed by atoms with Crippen LogP contribution in [0.3, 0.4) is 0 Å². The Morgan fingerprint density at radius 1 is 1.21 bits per heavy atom. The Kier molecular flexibility index (Phi) is 6.17. The second-order valence-corrected chi connectivity index (χ2v) is 9.14. The average molecular weight is 477 g/mol. The van der Waals surface area contributed by atoms with Crippen LogP contribution in [0.25, 0.3) is 22.0 Å². The Labute approximate surface area is 201 Å². The van der Waals surface area contributed by atoms with Crippen LogP contribution in [0.15, 0.2) is 59.8 Å². The van der Waals surface area contributed by atoms with Crippen molar-refractivity contribution in [3.8, 4) is 11.1 Å². The van der Waals surface area contributed by atoms with E-state index in [2.05, 4.69) is 32.4 Å². The first kappa shape index (κ1) is 22.3. The van der Waals surface area contributed by atoms with Crippen molar-refractivity contribution in [3.05, 3.63) is 81.6 Å². The van der Waals surface area contributed by atoms with Crippen LogP contribution in [-0.2, 0) is 6.54 Å². The van der Waals surface area contributed by atoms with Crippen molar-refractivity contribution in [2.45, 2.75) is 25.4 Å². The predicted molar refractivity (Wildman–Crippen MR) is 132 cm³/mol. The van der Waals surface area contributed by atoms with E-state index in [1.165, 1.54) is 6.33 Å². The van der Waals surface area contributed by atoms with E-state index in [0.717, 1.165) is 42.6 Å². The molecule has 0 atom stereocenters. The lowest BCUT2D eigenvalue weighted by molar-refractivity contribution is 0.0916. The molecule has 9 heteroatoms. The number of carbonyl (C=O) groups excluding carboxylic acids is 1. The molecule has 2 aromatic heterocycles. The van der Waals surface area contributed by atoms with E-state index in [-0.39, 0.29) is 17.5 Å². The van der Waals surface area contributed by atoms with Crippen molar-refractivity contribution >= 4 is 28.4 Å². The Hall–Kier alpha value is -3.49. The van der Waals surface area contributed by atoms with Crippen molar-refractivity contribution in [2.24, 2.45) is 0 Å². The highest BCUT2D eigenvalue weighted by Crippen LogP contribution is 2.27. The number of aromatic amines is 1. The maximum absolute atomic E-state index is 13.1. The fourth-order valence-corrected chi connectivity index (χ4v) is 4.55. The van der Waals surface area contributed by atoms with E-state index in [9.17, 15) is 9.59 Å². The zero-order valence-electron chi connectivity index (χ0n) is 18.8. The van der Waals surface area contributed by atoms with Crippen molar-refractivity contribution in [1.29, 1.82) is 0 Å². The maximum atomic E-state index is 13.1. The Balaban J connectivity index is 1.35. The Morgan fingerprint density at radius 2 is 2.03 bits per heavy atom. The normalized spacial score (nSPS) is 15.0. The van der Waals surface area contributed by atoms with Crippen LogP contribution in [-0.4, -0.2) is 56.7 Å². The molecule has 34 heavy (non-hydrogen) atoms. The summed E-state index contributed by atoms with van der Waals surface area (Å²) in [6.07, 6.45) is 5.08. The summed E-state index contributed by atoms with van der Waals surface area (Å²) in [5.41, 5.74) is 3.49. The molecule has 4 aromatic rings. The smallest absolute Gasteiger partial charge is 0.261 e. The summed E-state index contributed by atoms with van der Waals surface area (Å²) in [6.45, 7) is 2.30. The highest BCUT2D eigenvalue weighted by molar-refractivity contribution is 6.32.